The van der Waals surface area contributed by atoms with Crippen LogP contribution in [0.5, 0.6) is 0 Å². The lowest BCUT2D eigenvalue weighted by Crippen LogP contribution is -2.04. The van der Waals surface area contributed by atoms with Gasteiger partial charge in [0.2, 0.25) is 0 Å². The van der Waals surface area contributed by atoms with Crippen LogP contribution in [0.4, 0.5) is 5.69 Å². The number of rotatable bonds is 0. The van der Waals surface area contributed by atoms with Crippen molar-refractivity contribution in [1.29, 1.82) is 0 Å². The molecule has 76 valence electrons. The molecule has 0 spiro atoms. The second-order valence-corrected chi connectivity index (χ2v) is 5.46. The van der Waals surface area contributed by atoms with Gasteiger partial charge in [-0.3, -0.25) is 0 Å². The topological polar surface area (TPSA) is 12.0 Å². The summed E-state index contributed by atoms with van der Waals surface area (Å²) in [7, 11) is 0. The highest BCUT2D eigenvalue weighted by Crippen LogP contribution is 2.44. The van der Waals surface area contributed by atoms with E-state index in [0.29, 0.717) is 5.37 Å². The molecule has 1 atom stereocenters. The number of fused-ring (bicyclic) bond motifs is 1. The first-order valence-corrected chi connectivity index (χ1v) is 5.94. The highest BCUT2D eigenvalue weighted by Gasteiger charge is 2.23. The molecule has 1 heterocycles. The maximum Gasteiger partial charge on any atom is 0.0741 e. The number of hydrogen-bond donors (Lipinski definition) is 1. The molecule has 1 aromatic carbocycles. The summed E-state index contributed by atoms with van der Waals surface area (Å²) >= 11 is 1.94. The average Bonchev–Trinajstić information content (AvgIpc) is 2.54. The fourth-order valence-corrected chi connectivity index (χ4v) is 3.20. The Kier molecular flexibility index (Phi) is 2.26. The van der Waals surface area contributed by atoms with E-state index in [0.717, 1.165) is 0 Å². The maximum absolute atomic E-state index is 3.54. The zero-order valence-electron chi connectivity index (χ0n) is 9.49. The van der Waals surface area contributed by atoms with Gasteiger partial charge in [-0.1, -0.05) is 11.8 Å². The SMILES string of the molecule is Cc1c(C)c(C)c2c(c1C)NC(C)S2. The van der Waals surface area contributed by atoms with Gasteiger partial charge in [-0.25, -0.2) is 0 Å². The Morgan fingerprint density at radius 3 is 2.14 bits per heavy atom. The standard InChI is InChI=1S/C12H17NS/c1-6-7(2)9(4)12-11(8(6)3)13-10(5)14-12/h10,13H,1-5H3. The fourth-order valence-electron chi connectivity index (χ4n) is 2.01. The van der Waals surface area contributed by atoms with Crippen molar-refractivity contribution >= 4 is 17.4 Å². The van der Waals surface area contributed by atoms with Crippen molar-refractivity contribution in [1.82, 2.24) is 0 Å². The molecular weight excluding hydrogens is 190 g/mol. The summed E-state index contributed by atoms with van der Waals surface area (Å²) in [4.78, 5) is 1.46. The fraction of sp³-hybridized carbons (Fsp3) is 0.500. The normalized spacial score (nSPS) is 19.4. The number of hydrogen-bond acceptors (Lipinski definition) is 2. The molecule has 14 heavy (non-hydrogen) atoms. The quantitative estimate of drug-likeness (QED) is 0.694. The first-order chi connectivity index (χ1) is 6.52. The summed E-state index contributed by atoms with van der Waals surface area (Å²) in [5.74, 6) is 0. The van der Waals surface area contributed by atoms with E-state index < -0.39 is 0 Å². The lowest BCUT2D eigenvalue weighted by atomic mass is 9.97. The molecule has 0 fully saturated rings. The van der Waals surface area contributed by atoms with E-state index in [4.69, 9.17) is 0 Å². The summed E-state index contributed by atoms with van der Waals surface area (Å²) < 4.78 is 0. The Labute approximate surface area is 90.3 Å². The van der Waals surface area contributed by atoms with Crippen LogP contribution in [0.15, 0.2) is 4.90 Å². The zero-order chi connectivity index (χ0) is 10.5. The van der Waals surface area contributed by atoms with Crippen LogP contribution in [0.2, 0.25) is 0 Å². The van der Waals surface area contributed by atoms with Crippen molar-refractivity contribution in [3.8, 4) is 0 Å². The number of thioether (sulfide) groups is 1. The van der Waals surface area contributed by atoms with E-state index in [-0.39, 0.29) is 0 Å². The molecule has 2 heteroatoms. The van der Waals surface area contributed by atoms with Crippen molar-refractivity contribution < 1.29 is 0 Å². The number of benzene rings is 1. The molecule has 0 aromatic heterocycles. The monoisotopic (exact) mass is 207 g/mol. The van der Waals surface area contributed by atoms with Crippen LogP contribution < -0.4 is 5.32 Å². The second-order valence-electron chi connectivity index (χ2n) is 4.11. The Bertz CT molecular complexity index is 359. The van der Waals surface area contributed by atoms with Crippen LogP contribution in [0.3, 0.4) is 0 Å². The van der Waals surface area contributed by atoms with Gasteiger partial charge in [0.25, 0.3) is 0 Å². The van der Waals surface area contributed by atoms with Crippen molar-refractivity contribution in [2.24, 2.45) is 0 Å². The molecule has 0 radical (unpaired) electrons. The first kappa shape index (κ1) is 9.91. The van der Waals surface area contributed by atoms with E-state index in [2.05, 4.69) is 39.9 Å². The Hall–Kier alpha value is -0.630. The lowest BCUT2D eigenvalue weighted by Gasteiger charge is -2.14. The third-order valence-electron chi connectivity index (χ3n) is 3.27. The van der Waals surface area contributed by atoms with E-state index in [1.54, 1.807) is 0 Å². The van der Waals surface area contributed by atoms with Crippen molar-refractivity contribution in [3.05, 3.63) is 22.3 Å². The van der Waals surface area contributed by atoms with Crippen LogP contribution in [0, 0.1) is 27.7 Å². The van der Waals surface area contributed by atoms with Gasteiger partial charge in [-0.15, -0.1) is 0 Å². The minimum atomic E-state index is 0.517. The molecule has 0 bridgehead atoms. The predicted octanol–water partition coefficient (Wildman–Crippen LogP) is 3.78. The van der Waals surface area contributed by atoms with Gasteiger partial charge >= 0.3 is 0 Å². The lowest BCUT2D eigenvalue weighted by molar-refractivity contribution is 1.11. The van der Waals surface area contributed by atoms with Gasteiger partial charge < -0.3 is 5.32 Å². The molecule has 0 aliphatic carbocycles. The molecule has 0 saturated heterocycles. The molecule has 1 aliphatic rings. The molecule has 2 rings (SSSR count). The van der Waals surface area contributed by atoms with Gasteiger partial charge in [0.05, 0.1) is 11.1 Å². The van der Waals surface area contributed by atoms with E-state index in [1.165, 1.54) is 32.8 Å². The molecule has 1 nitrogen and oxygen atoms in total. The van der Waals surface area contributed by atoms with Gasteiger partial charge in [0.15, 0.2) is 0 Å². The van der Waals surface area contributed by atoms with Crippen molar-refractivity contribution in [2.45, 2.75) is 44.9 Å². The minimum absolute atomic E-state index is 0.517. The molecule has 1 aliphatic heterocycles. The average molecular weight is 207 g/mol. The first-order valence-electron chi connectivity index (χ1n) is 5.06. The third-order valence-corrected chi connectivity index (χ3v) is 4.49. The maximum atomic E-state index is 3.54. The Balaban J connectivity index is 2.70. The Morgan fingerprint density at radius 1 is 0.929 bits per heavy atom. The Morgan fingerprint density at radius 2 is 1.50 bits per heavy atom. The van der Waals surface area contributed by atoms with Crippen LogP contribution in [-0.4, -0.2) is 5.37 Å². The molecule has 0 amide bonds. The highest BCUT2D eigenvalue weighted by molar-refractivity contribution is 8.00. The van der Waals surface area contributed by atoms with E-state index in [9.17, 15) is 0 Å². The molecular formula is C12H17NS. The summed E-state index contributed by atoms with van der Waals surface area (Å²) in [5, 5.41) is 4.05. The molecule has 1 aromatic rings. The number of nitrogens with one attached hydrogen (secondary N) is 1. The minimum Gasteiger partial charge on any atom is -0.372 e. The third kappa shape index (κ3) is 1.24. The smallest absolute Gasteiger partial charge is 0.0741 e. The summed E-state index contributed by atoms with van der Waals surface area (Å²) in [6.45, 7) is 11.1. The van der Waals surface area contributed by atoms with E-state index in [1.807, 2.05) is 11.8 Å². The van der Waals surface area contributed by atoms with Gasteiger partial charge in [0, 0.05) is 4.90 Å². The molecule has 1 unspecified atom stereocenters. The van der Waals surface area contributed by atoms with E-state index >= 15 is 0 Å². The molecule has 1 N–H and O–H groups in total. The van der Waals surface area contributed by atoms with Crippen LogP contribution >= 0.6 is 11.8 Å². The predicted molar refractivity (Wildman–Crippen MR) is 64.3 cm³/mol. The van der Waals surface area contributed by atoms with Crippen molar-refractivity contribution in [2.75, 3.05) is 5.32 Å². The molecule has 0 saturated carbocycles. The summed E-state index contributed by atoms with van der Waals surface area (Å²) in [6.07, 6.45) is 0. The van der Waals surface area contributed by atoms with Crippen molar-refractivity contribution in [3.63, 3.8) is 0 Å². The van der Waals surface area contributed by atoms with Gasteiger partial charge in [0.1, 0.15) is 0 Å². The van der Waals surface area contributed by atoms with Gasteiger partial charge in [-0.05, 0) is 56.9 Å². The zero-order valence-corrected chi connectivity index (χ0v) is 10.3. The second kappa shape index (κ2) is 3.20. The largest absolute Gasteiger partial charge is 0.372 e. The van der Waals surface area contributed by atoms with Crippen LogP contribution in [0.1, 0.15) is 29.2 Å². The van der Waals surface area contributed by atoms with Crippen LogP contribution in [0.25, 0.3) is 0 Å². The van der Waals surface area contributed by atoms with Crippen LogP contribution in [-0.2, 0) is 0 Å². The number of anilines is 1. The summed E-state index contributed by atoms with van der Waals surface area (Å²) in [5.41, 5.74) is 7.11. The van der Waals surface area contributed by atoms with Gasteiger partial charge in [-0.2, -0.15) is 0 Å². The highest BCUT2D eigenvalue weighted by atomic mass is 32.2. The summed E-state index contributed by atoms with van der Waals surface area (Å²) in [6, 6.07) is 0.